The molecule has 0 aliphatic carbocycles. The summed E-state index contributed by atoms with van der Waals surface area (Å²) in [5.41, 5.74) is 1.40. The van der Waals surface area contributed by atoms with Crippen molar-refractivity contribution in [2.45, 2.75) is 26.1 Å². The number of carboxylic acid groups (broad SMARTS) is 1. The number of hydrogen-bond acceptors (Lipinski definition) is 5. The van der Waals surface area contributed by atoms with Gasteiger partial charge in [-0.25, -0.2) is 9.59 Å². The highest BCUT2D eigenvalue weighted by molar-refractivity contribution is 6.31. The van der Waals surface area contributed by atoms with E-state index in [1.165, 1.54) is 0 Å². The lowest BCUT2D eigenvalue weighted by molar-refractivity contribution is -0.153. The molecule has 1 aromatic rings. The molecule has 2 aliphatic heterocycles. The van der Waals surface area contributed by atoms with E-state index in [-0.39, 0.29) is 16.8 Å². The molecule has 3 rings (SSSR count). The number of aliphatic carboxylic acids is 1. The van der Waals surface area contributed by atoms with Gasteiger partial charge in [-0.05, 0) is 25.5 Å². The quantitative estimate of drug-likeness (QED) is 0.814. The predicted octanol–water partition coefficient (Wildman–Crippen LogP) is 2.25. The maximum atomic E-state index is 12.3. The minimum Gasteiger partial charge on any atom is -0.478 e. The van der Waals surface area contributed by atoms with Crippen molar-refractivity contribution in [1.82, 2.24) is 4.90 Å². The summed E-state index contributed by atoms with van der Waals surface area (Å²) in [7, 11) is 0. The number of carboxylic acids is 1. The van der Waals surface area contributed by atoms with Crippen LogP contribution in [0.2, 0.25) is 5.02 Å². The number of hydrogen-bond donors (Lipinski definition) is 2. The van der Waals surface area contributed by atoms with Crippen LogP contribution < -0.4 is 0 Å². The molecule has 0 aromatic heterocycles. The molecule has 7 heteroatoms. The van der Waals surface area contributed by atoms with Gasteiger partial charge in [-0.2, -0.15) is 0 Å². The molecule has 2 unspecified atom stereocenters. The second-order valence-electron chi connectivity index (χ2n) is 5.56. The van der Waals surface area contributed by atoms with Gasteiger partial charge in [0.05, 0.1) is 22.8 Å². The van der Waals surface area contributed by atoms with Gasteiger partial charge >= 0.3 is 11.9 Å². The van der Waals surface area contributed by atoms with Crippen molar-refractivity contribution in [3.05, 3.63) is 57.4 Å². The smallest absolute Gasteiger partial charge is 0.339 e. The summed E-state index contributed by atoms with van der Waals surface area (Å²) in [6.07, 6.45) is -1.41. The van der Waals surface area contributed by atoms with Crippen molar-refractivity contribution >= 4 is 23.5 Å². The fourth-order valence-corrected chi connectivity index (χ4v) is 3.63. The van der Waals surface area contributed by atoms with E-state index >= 15 is 0 Å². The Labute approximate surface area is 143 Å². The fraction of sp³-hybridized carbons (Fsp3) is 0.294. The summed E-state index contributed by atoms with van der Waals surface area (Å²) in [6, 6.07) is 6.75. The molecular formula is C17H16ClNO5. The van der Waals surface area contributed by atoms with Gasteiger partial charge in [0.25, 0.3) is 0 Å². The Balaban J connectivity index is 2.32. The molecule has 0 saturated carbocycles. The Kier molecular flexibility index (Phi) is 4.11. The Morgan fingerprint density at radius 3 is 2.62 bits per heavy atom. The van der Waals surface area contributed by atoms with Gasteiger partial charge in [0.15, 0.2) is 0 Å². The van der Waals surface area contributed by atoms with E-state index < -0.39 is 24.1 Å². The maximum Gasteiger partial charge on any atom is 0.339 e. The van der Waals surface area contributed by atoms with Gasteiger partial charge in [0.1, 0.15) is 0 Å². The normalized spacial score (nSPS) is 23.5. The van der Waals surface area contributed by atoms with Crippen LogP contribution in [0.25, 0.3) is 0 Å². The van der Waals surface area contributed by atoms with Gasteiger partial charge in [-0.15, -0.1) is 0 Å². The number of allylic oxidation sites excluding steroid dienone is 1. The van der Waals surface area contributed by atoms with E-state index in [0.717, 1.165) is 0 Å². The number of ether oxygens (including phenoxy) is 1. The fourth-order valence-electron chi connectivity index (χ4n) is 3.39. The molecule has 2 aliphatic rings. The van der Waals surface area contributed by atoms with Crippen LogP contribution >= 0.6 is 11.6 Å². The third kappa shape index (κ3) is 2.30. The van der Waals surface area contributed by atoms with Crippen LogP contribution in [0.5, 0.6) is 0 Å². The predicted molar refractivity (Wildman–Crippen MR) is 86.0 cm³/mol. The van der Waals surface area contributed by atoms with E-state index in [0.29, 0.717) is 22.8 Å². The molecule has 2 atom stereocenters. The highest BCUT2D eigenvalue weighted by atomic mass is 35.5. The van der Waals surface area contributed by atoms with Crippen LogP contribution in [0.1, 0.15) is 25.3 Å². The SMILES string of the molecule is CCN1C(C)=C(C(=O)O)C(c2ccccc2Cl)C2=C1C(O)OC2=O. The molecule has 0 saturated heterocycles. The average Bonchev–Trinajstić information content (AvgIpc) is 2.81. The summed E-state index contributed by atoms with van der Waals surface area (Å²) in [5.74, 6) is -2.76. The van der Waals surface area contributed by atoms with Crippen LogP contribution in [0.15, 0.2) is 46.8 Å². The number of esters is 1. The number of aliphatic hydroxyl groups excluding tert-OH is 1. The molecule has 24 heavy (non-hydrogen) atoms. The highest BCUT2D eigenvalue weighted by Gasteiger charge is 2.48. The number of aliphatic hydroxyl groups is 1. The molecule has 0 spiro atoms. The first-order chi connectivity index (χ1) is 11.4. The average molecular weight is 350 g/mol. The van der Waals surface area contributed by atoms with E-state index in [1.807, 2.05) is 0 Å². The Morgan fingerprint density at radius 2 is 2.04 bits per heavy atom. The Bertz CT molecular complexity index is 798. The van der Waals surface area contributed by atoms with Gasteiger partial charge in [0.2, 0.25) is 6.29 Å². The molecule has 2 N–H and O–H groups in total. The zero-order valence-corrected chi connectivity index (χ0v) is 13.9. The van der Waals surface area contributed by atoms with Gasteiger partial charge in [-0.3, -0.25) is 0 Å². The molecule has 2 heterocycles. The number of cyclic esters (lactones) is 1. The molecule has 0 radical (unpaired) electrons. The number of benzene rings is 1. The third-order valence-corrected chi connectivity index (χ3v) is 4.72. The lowest BCUT2D eigenvalue weighted by atomic mass is 9.80. The van der Waals surface area contributed by atoms with Crippen LogP contribution in [-0.4, -0.2) is 39.9 Å². The highest BCUT2D eigenvalue weighted by Crippen LogP contribution is 2.47. The van der Waals surface area contributed by atoms with Gasteiger partial charge in [-0.1, -0.05) is 29.8 Å². The summed E-state index contributed by atoms with van der Waals surface area (Å²) >= 11 is 6.25. The second kappa shape index (κ2) is 5.96. The molecule has 126 valence electrons. The largest absolute Gasteiger partial charge is 0.478 e. The molecular weight excluding hydrogens is 334 g/mol. The first kappa shape index (κ1) is 16.5. The van der Waals surface area contributed by atoms with Crippen LogP contribution in [0, 0.1) is 0 Å². The van der Waals surface area contributed by atoms with Crippen molar-refractivity contribution in [1.29, 1.82) is 0 Å². The van der Waals surface area contributed by atoms with Gasteiger partial charge < -0.3 is 19.8 Å². The van der Waals surface area contributed by atoms with E-state index in [2.05, 4.69) is 0 Å². The first-order valence-corrected chi connectivity index (χ1v) is 7.85. The van der Waals surface area contributed by atoms with E-state index in [1.54, 1.807) is 43.0 Å². The Morgan fingerprint density at radius 1 is 1.38 bits per heavy atom. The second-order valence-corrected chi connectivity index (χ2v) is 5.97. The molecule has 0 bridgehead atoms. The van der Waals surface area contributed by atoms with Crippen molar-refractivity contribution in [3.8, 4) is 0 Å². The first-order valence-electron chi connectivity index (χ1n) is 7.47. The van der Waals surface area contributed by atoms with Crippen molar-refractivity contribution < 1.29 is 24.5 Å². The summed E-state index contributed by atoms with van der Waals surface area (Å²) in [5, 5.41) is 20.2. The number of rotatable bonds is 3. The number of carbonyl (C=O) groups excluding carboxylic acids is 1. The van der Waals surface area contributed by atoms with Crippen molar-refractivity contribution in [2.75, 3.05) is 6.54 Å². The summed E-state index contributed by atoms with van der Waals surface area (Å²) in [6.45, 7) is 3.85. The molecule has 0 fully saturated rings. The summed E-state index contributed by atoms with van der Waals surface area (Å²) in [4.78, 5) is 25.9. The topological polar surface area (TPSA) is 87.1 Å². The monoisotopic (exact) mass is 349 g/mol. The van der Waals surface area contributed by atoms with Crippen LogP contribution in [0.4, 0.5) is 0 Å². The van der Waals surface area contributed by atoms with Crippen molar-refractivity contribution in [2.24, 2.45) is 0 Å². The molecule has 1 aromatic carbocycles. The standard InChI is InChI=1S/C17H16ClNO5/c1-3-19-8(2)11(15(20)21)12(9-6-4-5-7-10(9)18)13-14(19)17(23)24-16(13)22/h4-7,12,17,23H,3H2,1-2H3,(H,20,21). The number of halogens is 1. The lowest BCUT2D eigenvalue weighted by Gasteiger charge is -2.35. The molecule has 0 amide bonds. The van der Waals surface area contributed by atoms with Crippen LogP contribution in [0.3, 0.4) is 0 Å². The number of nitrogens with zero attached hydrogens (tertiary/aromatic N) is 1. The van der Waals surface area contributed by atoms with E-state index in [9.17, 15) is 19.8 Å². The Hall–Kier alpha value is -2.31. The molecule has 6 nitrogen and oxygen atoms in total. The summed E-state index contributed by atoms with van der Waals surface area (Å²) < 4.78 is 4.95. The zero-order chi connectivity index (χ0) is 17.6. The van der Waals surface area contributed by atoms with Crippen LogP contribution in [-0.2, 0) is 14.3 Å². The lowest BCUT2D eigenvalue weighted by Crippen LogP contribution is -2.35. The maximum absolute atomic E-state index is 12.3. The minimum absolute atomic E-state index is 0.0507. The van der Waals surface area contributed by atoms with Gasteiger partial charge in [0, 0.05) is 17.3 Å². The zero-order valence-electron chi connectivity index (χ0n) is 13.1. The third-order valence-electron chi connectivity index (χ3n) is 4.37. The van der Waals surface area contributed by atoms with E-state index in [4.69, 9.17) is 16.3 Å². The minimum atomic E-state index is -1.41. The number of likely N-dealkylation sites (N-methyl/N-ethyl adjacent to an activating group) is 1. The van der Waals surface area contributed by atoms with Crippen molar-refractivity contribution in [3.63, 3.8) is 0 Å². The number of carbonyl (C=O) groups is 2.